The van der Waals surface area contributed by atoms with Gasteiger partial charge in [0.2, 0.25) is 0 Å². The Morgan fingerprint density at radius 1 is 0.357 bits per heavy atom. The summed E-state index contributed by atoms with van der Waals surface area (Å²) in [6, 6.07) is 70.4. The highest BCUT2D eigenvalue weighted by Gasteiger charge is 2.32. The fourth-order valence-electron chi connectivity index (χ4n) is 13.0. The highest BCUT2D eigenvalue weighted by atomic mass is 19.4. The van der Waals surface area contributed by atoms with Gasteiger partial charge in [0, 0.05) is 38.4 Å². The molecule has 84 heavy (non-hydrogen) atoms. The minimum atomic E-state index is -4.67. The van der Waals surface area contributed by atoms with Crippen LogP contribution in [0.4, 0.5) is 18.9 Å². The largest absolute Gasteiger partial charge is 0.415 e. The SMILES string of the molecule is [C-]#[N+]c1cc(C(F)(F)F)ccc1-c1ccc(-n2c3ccc(-c4cc(C)cc(C)c4)cc3c3cc(-c4cc(C)cc(C)c4)ccc32)cc1-c1cc(C#N)ccc1-n1c2ccc(-c3cc(C)cc(C)c3)cc2c2cc(-c3cc(C)cc(C)c3)ccc21. The number of fused-ring (bicyclic) bond motifs is 6. The molecule has 13 rings (SSSR count). The quantitative estimate of drug-likeness (QED) is 0.140. The van der Waals surface area contributed by atoms with E-state index in [1.807, 2.05) is 30.3 Å². The minimum Gasteiger partial charge on any atom is -0.309 e. The van der Waals surface area contributed by atoms with E-state index in [0.717, 1.165) is 112 Å². The Kier molecular flexibility index (Phi) is 12.9. The summed E-state index contributed by atoms with van der Waals surface area (Å²) in [6.07, 6.45) is -4.67. The van der Waals surface area contributed by atoms with Crippen LogP contribution in [0.25, 0.3) is 127 Å². The van der Waals surface area contributed by atoms with Gasteiger partial charge in [0.25, 0.3) is 0 Å². The van der Waals surface area contributed by atoms with Crippen molar-refractivity contribution in [2.75, 3.05) is 0 Å². The van der Waals surface area contributed by atoms with Crippen molar-refractivity contribution in [3.8, 4) is 84.2 Å². The second-order valence-electron chi connectivity index (χ2n) is 23.0. The third-order valence-electron chi connectivity index (χ3n) is 16.4. The molecule has 0 atom stereocenters. The molecule has 13 aromatic rings. The van der Waals surface area contributed by atoms with Gasteiger partial charge in [-0.1, -0.05) is 160 Å². The van der Waals surface area contributed by atoms with Crippen LogP contribution in [0, 0.1) is 73.3 Å². The number of nitrogens with zero attached hydrogens (tertiary/aromatic N) is 4. The molecule has 0 amide bonds. The fourth-order valence-corrected chi connectivity index (χ4v) is 13.0. The second-order valence-corrected chi connectivity index (χ2v) is 23.0. The molecule has 2 heterocycles. The van der Waals surface area contributed by atoms with Gasteiger partial charge in [-0.15, -0.1) is 0 Å². The maximum atomic E-state index is 14.5. The predicted octanol–water partition coefficient (Wildman–Crippen LogP) is 21.8. The Labute approximate surface area is 487 Å². The number of alkyl halides is 3. The lowest BCUT2D eigenvalue weighted by atomic mass is 9.90. The standard InChI is InChI=1S/C77H57F3N4/c1-44-24-45(2)29-57(28-44)53-11-20-72-67(37-53)68-38-54(58-30-46(3)25-47(4)31-58)12-21-73(68)83(72)62-16-18-63(64-17-15-61(77(78,79)80)41-71(64)82-9)65(42-62)66-36-52(43-81)10-19-74(66)84-75-22-13-55(59-32-48(5)26-49(6)33-59)39-69(75)70-40-56(14-23-76(70)84)60-34-50(7)27-51(8)35-60/h10-42H,1-8H3. The Balaban J connectivity index is 1.11. The molecule has 0 aliphatic rings. The molecule has 0 saturated heterocycles. The van der Waals surface area contributed by atoms with Crippen LogP contribution in [-0.4, -0.2) is 9.13 Å². The van der Waals surface area contributed by atoms with E-state index in [-0.39, 0.29) is 5.69 Å². The second kappa shape index (κ2) is 20.3. The predicted molar refractivity (Wildman–Crippen MR) is 342 cm³/mol. The van der Waals surface area contributed by atoms with Gasteiger partial charge < -0.3 is 9.13 Å². The van der Waals surface area contributed by atoms with Gasteiger partial charge in [-0.3, -0.25) is 0 Å². The molecule has 0 aliphatic heterocycles. The molecular formula is C77H57F3N4. The number of aromatic nitrogens is 2. The zero-order valence-electron chi connectivity index (χ0n) is 48.0. The van der Waals surface area contributed by atoms with Crippen LogP contribution >= 0.6 is 0 Å². The Morgan fingerprint density at radius 3 is 1.11 bits per heavy atom. The molecular weight excluding hydrogens is 1040 g/mol. The van der Waals surface area contributed by atoms with Crippen molar-refractivity contribution in [3.05, 3.63) is 267 Å². The van der Waals surface area contributed by atoms with Crippen LogP contribution in [0.5, 0.6) is 0 Å². The number of halogens is 3. The van der Waals surface area contributed by atoms with E-state index in [9.17, 15) is 18.4 Å². The van der Waals surface area contributed by atoms with Crippen LogP contribution in [0.3, 0.4) is 0 Å². The van der Waals surface area contributed by atoms with Gasteiger partial charge in [0.15, 0.2) is 5.69 Å². The lowest BCUT2D eigenvalue weighted by molar-refractivity contribution is -0.137. The van der Waals surface area contributed by atoms with Gasteiger partial charge in [0.05, 0.1) is 46.0 Å². The molecule has 0 saturated carbocycles. The number of hydrogen-bond acceptors (Lipinski definition) is 1. The zero-order valence-corrected chi connectivity index (χ0v) is 48.0. The molecule has 406 valence electrons. The molecule has 0 unspecified atom stereocenters. The summed E-state index contributed by atoms with van der Waals surface area (Å²) in [5.41, 5.74) is 25.0. The minimum absolute atomic E-state index is 0.138. The smallest absolute Gasteiger partial charge is 0.309 e. The van der Waals surface area contributed by atoms with Gasteiger partial charge in [-0.25, -0.2) is 4.85 Å². The van der Waals surface area contributed by atoms with Gasteiger partial charge in [-0.2, -0.15) is 18.4 Å². The summed E-state index contributed by atoms with van der Waals surface area (Å²) in [6.45, 7) is 25.3. The molecule has 0 fully saturated rings. The van der Waals surface area contributed by atoms with Gasteiger partial charge in [-0.05, 0) is 202 Å². The van der Waals surface area contributed by atoms with Crippen LogP contribution in [0.2, 0.25) is 0 Å². The highest BCUT2D eigenvalue weighted by Crippen LogP contribution is 2.47. The highest BCUT2D eigenvalue weighted by molar-refractivity contribution is 6.14. The third-order valence-corrected chi connectivity index (χ3v) is 16.4. The van der Waals surface area contributed by atoms with Gasteiger partial charge in [0.1, 0.15) is 0 Å². The van der Waals surface area contributed by atoms with Crippen molar-refractivity contribution >= 4 is 49.3 Å². The summed E-state index contributed by atoms with van der Waals surface area (Å²) in [5.74, 6) is 0. The number of aryl methyl sites for hydroxylation is 8. The topological polar surface area (TPSA) is 38.0 Å². The van der Waals surface area contributed by atoms with E-state index >= 15 is 0 Å². The van der Waals surface area contributed by atoms with E-state index < -0.39 is 11.7 Å². The number of benzene rings is 11. The average molecular weight is 1100 g/mol. The first-order valence-electron chi connectivity index (χ1n) is 28.2. The van der Waals surface area contributed by atoms with Crippen LogP contribution in [0.15, 0.2) is 200 Å². The molecule has 7 heteroatoms. The molecule has 0 radical (unpaired) electrons. The zero-order chi connectivity index (χ0) is 58.5. The maximum absolute atomic E-state index is 14.5. The van der Waals surface area contributed by atoms with E-state index in [0.29, 0.717) is 27.8 Å². The van der Waals surface area contributed by atoms with E-state index in [4.69, 9.17) is 6.57 Å². The van der Waals surface area contributed by atoms with Crippen molar-refractivity contribution in [2.45, 2.75) is 61.6 Å². The molecule has 2 aromatic heterocycles. The molecule has 11 aromatic carbocycles. The average Bonchev–Trinajstić information content (AvgIpc) is 1.94. The summed E-state index contributed by atoms with van der Waals surface area (Å²) < 4.78 is 48.0. The third kappa shape index (κ3) is 9.48. The van der Waals surface area contributed by atoms with Gasteiger partial charge >= 0.3 is 6.18 Å². The number of rotatable bonds is 8. The monoisotopic (exact) mass is 1090 g/mol. The summed E-state index contributed by atoms with van der Waals surface area (Å²) in [7, 11) is 0. The molecule has 0 spiro atoms. The van der Waals surface area contributed by atoms with E-state index in [2.05, 4.69) is 227 Å². The number of hydrogen-bond donors (Lipinski definition) is 0. The molecule has 0 bridgehead atoms. The van der Waals surface area contributed by atoms with E-state index in [1.54, 1.807) is 0 Å². The molecule has 0 aliphatic carbocycles. The van der Waals surface area contributed by atoms with Crippen LogP contribution < -0.4 is 0 Å². The first kappa shape index (κ1) is 53.1. The Morgan fingerprint density at radius 2 is 0.738 bits per heavy atom. The van der Waals surface area contributed by atoms with Crippen molar-refractivity contribution in [1.29, 1.82) is 5.26 Å². The Bertz CT molecular complexity index is 4710. The molecule has 0 N–H and O–H groups in total. The van der Waals surface area contributed by atoms with Crippen LogP contribution in [-0.2, 0) is 6.18 Å². The van der Waals surface area contributed by atoms with Crippen molar-refractivity contribution in [3.63, 3.8) is 0 Å². The Hall–Kier alpha value is -10.2. The first-order chi connectivity index (χ1) is 40.4. The number of nitriles is 1. The summed E-state index contributed by atoms with van der Waals surface area (Å²) >= 11 is 0. The first-order valence-corrected chi connectivity index (χ1v) is 28.2. The summed E-state index contributed by atoms with van der Waals surface area (Å²) in [5, 5.41) is 15.0. The van der Waals surface area contributed by atoms with E-state index in [1.165, 1.54) is 50.6 Å². The lowest BCUT2D eigenvalue weighted by Gasteiger charge is -2.20. The van der Waals surface area contributed by atoms with Crippen molar-refractivity contribution in [1.82, 2.24) is 9.13 Å². The fraction of sp³-hybridized carbons (Fsp3) is 0.117. The maximum Gasteiger partial charge on any atom is 0.415 e. The van der Waals surface area contributed by atoms with Crippen molar-refractivity contribution < 1.29 is 13.2 Å². The molecule has 4 nitrogen and oxygen atoms in total. The summed E-state index contributed by atoms with van der Waals surface area (Å²) in [4.78, 5) is 3.76. The van der Waals surface area contributed by atoms with Crippen LogP contribution in [0.1, 0.15) is 55.6 Å². The van der Waals surface area contributed by atoms with Crippen molar-refractivity contribution in [2.24, 2.45) is 0 Å². The normalized spacial score (nSPS) is 11.7. The lowest BCUT2D eigenvalue weighted by Crippen LogP contribution is -2.04.